The first-order valence-electron chi connectivity index (χ1n) is 15.0. The van der Waals surface area contributed by atoms with Crippen molar-refractivity contribution in [1.29, 1.82) is 0 Å². The van der Waals surface area contributed by atoms with Gasteiger partial charge in [0.1, 0.15) is 24.2 Å². The van der Waals surface area contributed by atoms with Gasteiger partial charge in [-0.1, -0.05) is 57.2 Å². The quantitative estimate of drug-likeness (QED) is 0.138. The number of halogens is 2. The lowest BCUT2D eigenvalue weighted by molar-refractivity contribution is -0.202. The number of aliphatic hydroxyl groups is 1. The lowest BCUT2D eigenvalue weighted by Gasteiger charge is -2.28. The van der Waals surface area contributed by atoms with E-state index in [1.54, 1.807) is 50.4 Å². The van der Waals surface area contributed by atoms with Crippen LogP contribution in [0.3, 0.4) is 0 Å². The summed E-state index contributed by atoms with van der Waals surface area (Å²) in [5.74, 6) is -3.23. The number of rotatable bonds is 11. The predicted molar refractivity (Wildman–Crippen MR) is 170 cm³/mol. The summed E-state index contributed by atoms with van der Waals surface area (Å²) in [4.78, 5) is 25.6. The average molecular weight is 677 g/mol. The second kappa shape index (κ2) is 12.7. The molecule has 47 heavy (non-hydrogen) atoms. The molecular weight excluding hydrogens is 637 g/mol. The Morgan fingerprint density at radius 1 is 1.19 bits per heavy atom. The molecule has 0 bridgehead atoms. The van der Waals surface area contributed by atoms with Crippen molar-refractivity contribution in [1.82, 2.24) is 24.6 Å². The number of aromatic nitrogens is 4. The number of aliphatic hydroxyl groups excluding tert-OH is 1. The third kappa shape index (κ3) is 7.09. The van der Waals surface area contributed by atoms with Crippen molar-refractivity contribution >= 4 is 41.5 Å². The normalized spacial score (nSPS) is 25.1. The Bertz CT molecular complexity index is 1830. The second-order valence-electron chi connectivity index (χ2n) is 12.9. The molecule has 16 heteroatoms. The topological polar surface area (TPSA) is 159 Å². The minimum Gasteiger partial charge on any atom is -0.464 e. The van der Waals surface area contributed by atoms with Gasteiger partial charge in [-0.2, -0.15) is 5.09 Å². The molecule has 1 saturated heterocycles. The zero-order valence-corrected chi connectivity index (χ0v) is 28.0. The summed E-state index contributed by atoms with van der Waals surface area (Å²) in [5.41, 5.74) is -2.70. The SMILES string of the molecule is CNc1nc(C)nc2c1ncn2[C@@H]1O[C@](F)(CO[P@](=O)(N[C@@H](C)C(=O)OCC(C)(C)C)Oc2cccc3ccccc23)[C@@H](O)[C@@]1(C)F. The molecule has 2 aromatic heterocycles. The van der Waals surface area contributed by atoms with Gasteiger partial charge in [0.05, 0.1) is 12.9 Å². The number of benzene rings is 2. The summed E-state index contributed by atoms with van der Waals surface area (Å²) in [5, 5.41) is 17.6. The minimum absolute atomic E-state index is 0.0699. The number of carbonyl (C=O) groups excluding carboxylic acids is 1. The molecule has 13 nitrogen and oxygen atoms in total. The number of esters is 1. The van der Waals surface area contributed by atoms with E-state index in [-0.39, 0.29) is 28.9 Å². The Hall–Kier alpha value is -3.75. The van der Waals surface area contributed by atoms with Crippen LogP contribution in [-0.2, 0) is 23.4 Å². The molecule has 0 radical (unpaired) electrons. The van der Waals surface area contributed by atoms with Gasteiger partial charge in [0.2, 0.25) is 0 Å². The van der Waals surface area contributed by atoms with Gasteiger partial charge in [0.25, 0.3) is 5.85 Å². The lowest BCUT2D eigenvalue weighted by Crippen LogP contribution is -2.47. The largest absolute Gasteiger partial charge is 0.464 e. The molecule has 254 valence electrons. The Balaban J connectivity index is 1.44. The van der Waals surface area contributed by atoms with Gasteiger partial charge >= 0.3 is 13.7 Å². The van der Waals surface area contributed by atoms with Gasteiger partial charge in [-0.25, -0.2) is 28.3 Å². The summed E-state index contributed by atoms with van der Waals surface area (Å²) in [6.07, 6.45) is -3.00. The molecule has 2 aromatic carbocycles. The first-order valence-corrected chi connectivity index (χ1v) is 16.5. The van der Waals surface area contributed by atoms with Crippen molar-refractivity contribution in [2.75, 3.05) is 25.6 Å². The van der Waals surface area contributed by atoms with Gasteiger partial charge < -0.3 is 24.4 Å². The Morgan fingerprint density at radius 2 is 1.89 bits per heavy atom. The zero-order valence-electron chi connectivity index (χ0n) is 27.2. The van der Waals surface area contributed by atoms with Crippen LogP contribution in [0.15, 0.2) is 48.8 Å². The molecule has 3 N–H and O–H groups in total. The maximum absolute atomic E-state index is 16.5. The van der Waals surface area contributed by atoms with E-state index in [4.69, 9.17) is 18.5 Å². The molecule has 0 aliphatic carbocycles. The minimum atomic E-state index is -4.67. The molecule has 1 aliphatic rings. The van der Waals surface area contributed by atoms with Gasteiger partial charge in [0, 0.05) is 12.4 Å². The fraction of sp³-hybridized carbons (Fsp3) is 0.484. The summed E-state index contributed by atoms with van der Waals surface area (Å²) in [6, 6.07) is 10.8. The number of imidazole rings is 1. The van der Waals surface area contributed by atoms with E-state index in [2.05, 4.69) is 25.4 Å². The first kappa shape index (κ1) is 34.6. The lowest BCUT2D eigenvalue weighted by atomic mass is 9.97. The number of hydrogen-bond acceptors (Lipinski definition) is 11. The fourth-order valence-corrected chi connectivity index (χ4v) is 6.63. The fourth-order valence-electron chi connectivity index (χ4n) is 5.10. The van der Waals surface area contributed by atoms with Crippen LogP contribution in [0.25, 0.3) is 21.9 Å². The maximum Gasteiger partial charge on any atom is 0.459 e. The molecule has 3 heterocycles. The number of carbonyl (C=O) groups is 1. The van der Waals surface area contributed by atoms with Gasteiger partial charge in [-0.3, -0.25) is 13.9 Å². The number of alkyl halides is 2. The van der Waals surface area contributed by atoms with E-state index in [9.17, 15) is 14.5 Å². The van der Waals surface area contributed by atoms with Crippen molar-refractivity contribution in [3.63, 3.8) is 0 Å². The Morgan fingerprint density at radius 3 is 2.60 bits per heavy atom. The van der Waals surface area contributed by atoms with Crippen LogP contribution >= 0.6 is 7.75 Å². The van der Waals surface area contributed by atoms with E-state index >= 15 is 8.78 Å². The van der Waals surface area contributed by atoms with Gasteiger partial charge in [0.15, 0.2) is 35.0 Å². The molecule has 0 amide bonds. The first-order chi connectivity index (χ1) is 22.0. The number of fused-ring (bicyclic) bond motifs is 2. The number of anilines is 1. The number of hydrogen-bond donors (Lipinski definition) is 3. The van der Waals surface area contributed by atoms with Crippen LogP contribution in [-0.4, -0.2) is 74.5 Å². The Labute approximate surface area is 270 Å². The molecule has 5 rings (SSSR count). The van der Waals surface area contributed by atoms with Crippen molar-refractivity contribution < 1.29 is 41.8 Å². The van der Waals surface area contributed by atoms with E-state index in [0.29, 0.717) is 17.0 Å². The van der Waals surface area contributed by atoms with Crippen molar-refractivity contribution in [2.45, 2.75) is 71.4 Å². The second-order valence-corrected chi connectivity index (χ2v) is 14.6. The number of aryl methyl sites for hydroxylation is 1. The monoisotopic (exact) mass is 676 g/mol. The summed E-state index contributed by atoms with van der Waals surface area (Å²) in [6.45, 7) is 8.37. The van der Waals surface area contributed by atoms with Crippen LogP contribution in [0.2, 0.25) is 0 Å². The number of ether oxygens (including phenoxy) is 2. The van der Waals surface area contributed by atoms with Gasteiger partial charge in [-0.05, 0) is 37.6 Å². The number of nitrogens with zero attached hydrogens (tertiary/aromatic N) is 4. The highest BCUT2D eigenvalue weighted by Crippen LogP contribution is 2.52. The van der Waals surface area contributed by atoms with E-state index in [1.807, 2.05) is 20.8 Å². The highest BCUT2D eigenvalue weighted by molar-refractivity contribution is 7.52. The van der Waals surface area contributed by atoms with Crippen LogP contribution in [0.5, 0.6) is 5.75 Å². The smallest absolute Gasteiger partial charge is 0.459 e. The number of nitrogens with one attached hydrogen (secondary N) is 2. The third-order valence-corrected chi connectivity index (χ3v) is 9.12. The van der Waals surface area contributed by atoms with E-state index in [0.717, 1.165) is 16.9 Å². The average Bonchev–Trinajstić information content (AvgIpc) is 3.50. The van der Waals surface area contributed by atoms with Crippen molar-refractivity contribution in [3.8, 4) is 5.75 Å². The maximum atomic E-state index is 16.5. The molecule has 0 spiro atoms. The van der Waals surface area contributed by atoms with Crippen molar-refractivity contribution in [2.24, 2.45) is 5.41 Å². The predicted octanol–water partition coefficient (Wildman–Crippen LogP) is 5.38. The molecule has 0 unspecified atom stereocenters. The van der Waals surface area contributed by atoms with Gasteiger partial charge in [-0.15, -0.1) is 0 Å². The Kier molecular flexibility index (Phi) is 9.34. The van der Waals surface area contributed by atoms with Crippen LogP contribution in [0.4, 0.5) is 14.6 Å². The van der Waals surface area contributed by atoms with Crippen molar-refractivity contribution in [3.05, 3.63) is 54.6 Å². The molecule has 4 aromatic rings. The summed E-state index contributed by atoms with van der Waals surface area (Å²) in [7, 11) is -3.05. The van der Waals surface area contributed by atoms with Crippen LogP contribution in [0, 0.1) is 12.3 Å². The standard InChI is InChI=1S/C31H39F2N6O7P/c1-18(26(40)43-15-29(3,4)5)38-47(42,46-22-14-10-12-20-11-8-9-13-21(20)22)44-16-31(33)27(41)30(6,32)28(45-31)39-17-35-23-24(34-7)36-19(2)37-25(23)39/h8-14,17-18,27-28,41H,15-16H2,1-7H3,(H,38,42)(H,34,36,37)/t18-,27-,28+,30+,31+,47+/m0/s1. The molecule has 0 saturated carbocycles. The molecule has 1 aliphatic heterocycles. The van der Waals surface area contributed by atoms with E-state index < -0.39 is 50.2 Å². The van der Waals surface area contributed by atoms with Crippen LogP contribution in [0.1, 0.15) is 46.7 Å². The third-order valence-electron chi connectivity index (χ3n) is 7.51. The molecular formula is C31H39F2N6O7P. The summed E-state index contributed by atoms with van der Waals surface area (Å²) < 4.78 is 70.4. The zero-order chi connectivity index (χ0) is 34.4. The molecule has 1 fully saturated rings. The highest BCUT2D eigenvalue weighted by Gasteiger charge is 2.65. The molecule has 6 atom stereocenters. The highest BCUT2D eigenvalue weighted by atomic mass is 31.2. The summed E-state index contributed by atoms with van der Waals surface area (Å²) >= 11 is 0. The van der Waals surface area contributed by atoms with Crippen LogP contribution < -0.4 is 14.9 Å². The van der Waals surface area contributed by atoms with E-state index in [1.165, 1.54) is 19.3 Å².